The maximum absolute atomic E-state index is 12.4. The van der Waals surface area contributed by atoms with Gasteiger partial charge in [0.1, 0.15) is 6.61 Å². The first-order valence-electron chi connectivity index (χ1n) is 19.3. The van der Waals surface area contributed by atoms with E-state index in [2.05, 4.69) is 96.5 Å². The van der Waals surface area contributed by atoms with Crippen LogP contribution in [0, 0.1) is 0 Å². The van der Waals surface area contributed by atoms with Gasteiger partial charge in [0.15, 0.2) is 6.10 Å². The Labute approximate surface area is 319 Å². The van der Waals surface area contributed by atoms with Crippen LogP contribution in [0.1, 0.15) is 122 Å². The predicted octanol–water partition coefficient (Wildman–Crippen LogP) is 10.6. The molecular weight excluding hydrogens is 691 g/mol. The summed E-state index contributed by atoms with van der Waals surface area (Å²) >= 11 is 0. The second-order valence-corrected chi connectivity index (χ2v) is 13.5. The lowest BCUT2D eigenvalue weighted by Crippen LogP contribution is -2.29. The third-order valence-electron chi connectivity index (χ3n) is 7.33. The van der Waals surface area contributed by atoms with Gasteiger partial charge in [0.25, 0.3) is 0 Å². The Hall–Kier alpha value is -3.33. The second-order valence-electron chi connectivity index (χ2n) is 12.2. The van der Waals surface area contributed by atoms with E-state index in [1.165, 1.54) is 0 Å². The van der Waals surface area contributed by atoms with Crippen LogP contribution in [0.25, 0.3) is 0 Å². The summed E-state index contributed by atoms with van der Waals surface area (Å²) in [6.07, 6.45) is 51.2. The molecule has 0 rings (SSSR count). The number of aliphatic hydroxyl groups is 1. The molecule has 0 saturated carbocycles. The summed E-state index contributed by atoms with van der Waals surface area (Å²) in [7, 11) is -4.79. The highest BCUT2D eigenvalue weighted by atomic mass is 31.2. The minimum absolute atomic E-state index is 0.109. The molecule has 0 fully saturated rings. The van der Waals surface area contributed by atoms with E-state index in [0.29, 0.717) is 25.7 Å². The fourth-order valence-corrected chi connectivity index (χ4v) is 4.86. The molecule has 53 heavy (non-hydrogen) atoms. The standard InChI is InChI=1S/C43H67O9P/c1-2-3-4-5-6-7-8-9-10-12-16-19-22-25-28-31-34-37-43(46)52-41(40-51-53(47,48)49)39-50-42(45)36-33-30-27-24-21-18-15-13-11-14-17-20-23-26-29-32-35-38-44/h3-4,6-7,9-11,14-16,18-20,23-25,27-28,41,44H,2,5,8,12-13,17,21-22,26,29-40H2,1H3,(H2,47,48,49)/b4-3-,7-6-,10-9-,14-11-,18-15-,19-16-,23-20-,27-24-,28-25-/t41-/m1/s1. The number of phosphoric acid groups is 1. The predicted molar refractivity (Wildman–Crippen MR) is 217 cm³/mol. The van der Waals surface area contributed by atoms with Crippen LogP contribution in [-0.2, 0) is 28.2 Å². The monoisotopic (exact) mass is 758 g/mol. The van der Waals surface area contributed by atoms with Gasteiger partial charge >= 0.3 is 19.8 Å². The summed E-state index contributed by atoms with van der Waals surface area (Å²) in [5, 5.41) is 8.77. The van der Waals surface area contributed by atoms with Gasteiger partial charge in [-0.3, -0.25) is 14.1 Å². The molecule has 0 aliphatic rings. The minimum Gasteiger partial charge on any atom is -0.462 e. The largest absolute Gasteiger partial charge is 0.469 e. The summed E-state index contributed by atoms with van der Waals surface area (Å²) in [5.41, 5.74) is 0. The average molecular weight is 759 g/mol. The van der Waals surface area contributed by atoms with Gasteiger partial charge in [0, 0.05) is 19.4 Å². The van der Waals surface area contributed by atoms with Crippen LogP contribution in [0.5, 0.6) is 0 Å². The number of carbonyl (C=O) groups excluding carboxylic acids is 2. The summed E-state index contributed by atoms with van der Waals surface area (Å²) in [6.45, 7) is 1.46. The maximum atomic E-state index is 12.4. The van der Waals surface area contributed by atoms with Gasteiger partial charge in [-0.2, -0.15) is 0 Å². The van der Waals surface area contributed by atoms with Crippen molar-refractivity contribution in [2.24, 2.45) is 0 Å². The summed E-state index contributed by atoms with van der Waals surface area (Å²) < 4.78 is 26.2. The van der Waals surface area contributed by atoms with E-state index in [0.717, 1.165) is 77.0 Å². The fraction of sp³-hybridized carbons (Fsp3) is 0.535. The normalized spacial score (nSPS) is 13.7. The summed E-state index contributed by atoms with van der Waals surface area (Å²) in [5.74, 6) is -1.05. The van der Waals surface area contributed by atoms with Crippen LogP contribution in [0.2, 0.25) is 0 Å². The number of rotatable bonds is 34. The van der Waals surface area contributed by atoms with Gasteiger partial charge in [-0.25, -0.2) is 4.57 Å². The lowest BCUT2D eigenvalue weighted by atomic mass is 10.2. The Balaban J connectivity index is 4.18. The van der Waals surface area contributed by atoms with Gasteiger partial charge in [0.05, 0.1) is 6.61 Å². The highest BCUT2D eigenvalue weighted by molar-refractivity contribution is 7.46. The van der Waals surface area contributed by atoms with Crippen molar-refractivity contribution in [2.75, 3.05) is 19.8 Å². The first-order valence-corrected chi connectivity index (χ1v) is 20.8. The summed E-state index contributed by atoms with van der Waals surface area (Å²) in [4.78, 5) is 42.7. The lowest BCUT2D eigenvalue weighted by molar-refractivity contribution is -0.161. The third-order valence-corrected chi connectivity index (χ3v) is 7.82. The number of unbranched alkanes of at least 4 members (excludes halogenated alkanes) is 5. The Kier molecular flexibility index (Phi) is 36.0. The van der Waals surface area contributed by atoms with Crippen LogP contribution in [0.3, 0.4) is 0 Å². The number of esters is 2. The van der Waals surface area contributed by atoms with Crippen molar-refractivity contribution >= 4 is 19.8 Å². The summed E-state index contributed by atoms with van der Waals surface area (Å²) in [6, 6.07) is 0. The number of allylic oxidation sites excluding steroid dienone is 18. The van der Waals surface area contributed by atoms with Crippen molar-refractivity contribution in [2.45, 2.75) is 129 Å². The van der Waals surface area contributed by atoms with E-state index in [1.54, 1.807) is 0 Å². The number of phosphoric ester groups is 1. The molecule has 0 aromatic carbocycles. The quantitative estimate of drug-likeness (QED) is 0.0253. The zero-order valence-electron chi connectivity index (χ0n) is 32.1. The first-order chi connectivity index (χ1) is 25.8. The van der Waals surface area contributed by atoms with Gasteiger partial charge in [-0.05, 0) is 96.3 Å². The van der Waals surface area contributed by atoms with Crippen LogP contribution < -0.4 is 0 Å². The SMILES string of the molecule is CC/C=C\C/C=C\C/C=C\C/C=C\C/C=C\CCCC(=O)O[C@H](COC(=O)CCC/C=C\C/C=C\C/C=C\C/C=C\CCCCCO)COP(=O)(O)O. The van der Waals surface area contributed by atoms with Crippen molar-refractivity contribution in [3.05, 3.63) is 109 Å². The van der Waals surface area contributed by atoms with E-state index >= 15 is 0 Å². The Morgan fingerprint density at radius 2 is 0.925 bits per heavy atom. The molecule has 3 N–H and O–H groups in total. The molecule has 10 heteroatoms. The third kappa shape index (κ3) is 41.3. The van der Waals surface area contributed by atoms with Crippen molar-refractivity contribution in [1.82, 2.24) is 0 Å². The zero-order chi connectivity index (χ0) is 38.9. The molecule has 0 aliphatic carbocycles. The molecular formula is C43H67O9P. The van der Waals surface area contributed by atoms with E-state index in [9.17, 15) is 14.2 Å². The molecule has 1 atom stereocenters. The van der Waals surface area contributed by atoms with Gasteiger partial charge in [-0.15, -0.1) is 0 Å². The van der Waals surface area contributed by atoms with E-state index in [4.69, 9.17) is 24.4 Å². The highest BCUT2D eigenvalue weighted by Gasteiger charge is 2.22. The average Bonchev–Trinajstić information content (AvgIpc) is 3.13. The van der Waals surface area contributed by atoms with Crippen LogP contribution in [0.15, 0.2) is 109 Å². The lowest BCUT2D eigenvalue weighted by Gasteiger charge is -2.18. The van der Waals surface area contributed by atoms with Gasteiger partial charge in [-0.1, -0.05) is 123 Å². The van der Waals surface area contributed by atoms with Gasteiger partial charge in [0.2, 0.25) is 0 Å². The molecule has 0 bridgehead atoms. The molecule has 0 heterocycles. The molecule has 0 amide bonds. The first kappa shape index (κ1) is 49.7. The highest BCUT2D eigenvalue weighted by Crippen LogP contribution is 2.35. The number of hydrogen-bond donors (Lipinski definition) is 3. The molecule has 0 spiro atoms. The van der Waals surface area contributed by atoms with Crippen LogP contribution in [0.4, 0.5) is 0 Å². The molecule has 0 aromatic rings. The molecule has 9 nitrogen and oxygen atoms in total. The van der Waals surface area contributed by atoms with E-state index < -0.39 is 32.5 Å². The number of aliphatic hydroxyl groups excluding tert-OH is 1. The van der Waals surface area contributed by atoms with E-state index in [-0.39, 0.29) is 26.1 Å². The molecule has 0 aromatic heterocycles. The molecule has 0 radical (unpaired) electrons. The smallest absolute Gasteiger partial charge is 0.462 e. The fourth-order valence-electron chi connectivity index (χ4n) is 4.50. The minimum atomic E-state index is -4.79. The van der Waals surface area contributed by atoms with Crippen molar-refractivity contribution < 1.29 is 43.0 Å². The number of carbonyl (C=O) groups is 2. The van der Waals surface area contributed by atoms with Crippen molar-refractivity contribution in [3.8, 4) is 0 Å². The Morgan fingerprint density at radius 3 is 1.34 bits per heavy atom. The van der Waals surface area contributed by atoms with Crippen LogP contribution >= 0.6 is 7.82 Å². The number of ether oxygens (including phenoxy) is 2. The molecule has 0 aliphatic heterocycles. The number of hydrogen-bond acceptors (Lipinski definition) is 7. The topological polar surface area (TPSA) is 140 Å². The van der Waals surface area contributed by atoms with Crippen LogP contribution in [-0.4, -0.2) is 52.8 Å². The molecule has 0 saturated heterocycles. The second kappa shape index (κ2) is 38.4. The Bertz CT molecular complexity index is 1220. The molecule has 0 unspecified atom stereocenters. The zero-order valence-corrected chi connectivity index (χ0v) is 33.0. The van der Waals surface area contributed by atoms with Gasteiger partial charge < -0.3 is 24.4 Å². The Morgan fingerprint density at radius 1 is 0.528 bits per heavy atom. The molecule has 298 valence electrons. The maximum Gasteiger partial charge on any atom is 0.469 e. The van der Waals surface area contributed by atoms with Crippen molar-refractivity contribution in [3.63, 3.8) is 0 Å². The van der Waals surface area contributed by atoms with E-state index in [1.807, 2.05) is 24.3 Å². The van der Waals surface area contributed by atoms with Crippen molar-refractivity contribution in [1.29, 1.82) is 0 Å².